The molecule has 11 heteroatoms. The van der Waals surface area contributed by atoms with Crippen molar-refractivity contribution in [2.24, 2.45) is 0 Å². The van der Waals surface area contributed by atoms with Crippen molar-refractivity contribution in [3.05, 3.63) is 24.3 Å². The first-order chi connectivity index (χ1) is 25.2. The van der Waals surface area contributed by atoms with Crippen LogP contribution in [0.15, 0.2) is 24.3 Å². The van der Waals surface area contributed by atoms with Crippen LogP contribution in [0.1, 0.15) is 187 Å². The zero-order valence-corrected chi connectivity index (χ0v) is 33.9. The number of hydrogen-bond donors (Lipinski definition) is 3. The lowest BCUT2D eigenvalue weighted by atomic mass is 10.0. The van der Waals surface area contributed by atoms with E-state index in [2.05, 4.69) is 36.6 Å². The number of carbonyl (C=O) groups excluding carboxylic acids is 2. The molecule has 0 heterocycles. The van der Waals surface area contributed by atoms with Crippen LogP contribution in [0.4, 0.5) is 0 Å². The average Bonchev–Trinajstić information content (AvgIpc) is 3.13. The van der Waals surface area contributed by atoms with Gasteiger partial charge < -0.3 is 24.6 Å². The average molecular weight is 761 g/mol. The summed E-state index contributed by atoms with van der Waals surface area (Å²) in [6.07, 6.45) is 35.8. The number of aliphatic hydroxyl groups is 2. The zero-order valence-electron chi connectivity index (χ0n) is 33.0. The molecule has 0 saturated carbocycles. The topological polar surface area (TPSA) is 149 Å². The molecule has 10 nitrogen and oxygen atoms in total. The largest absolute Gasteiger partial charge is 0.472 e. The summed E-state index contributed by atoms with van der Waals surface area (Å²) in [4.78, 5) is 34.9. The van der Waals surface area contributed by atoms with Crippen LogP contribution in [-0.2, 0) is 32.7 Å². The van der Waals surface area contributed by atoms with Crippen molar-refractivity contribution < 1.29 is 47.8 Å². The standard InChI is InChI=1S/C41H77O10P/c1-3-5-7-9-11-13-15-17-18-19-20-21-23-25-27-29-31-33-41(45)51-39(37-50-52(46,47)49-35-38(43)34-42)36-48-40(44)32-30-28-26-24-22-16-14-12-10-8-6-4-2/h20-21,25,27,38-39,42-43H,3-19,22-24,26,28-37H2,1-2H3,(H,46,47)/b21-20+,27-25+/t38-,39+/m0/s1. The first kappa shape index (κ1) is 50.5. The van der Waals surface area contributed by atoms with Crippen LogP contribution in [0.25, 0.3) is 0 Å². The number of aliphatic hydroxyl groups excluding tert-OH is 2. The first-order valence-corrected chi connectivity index (χ1v) is 22.3. The van der Waals surface area contributed by atoms with Gasteiger partial charge in [0.1, 0.15) is 12.7 Å². The Hall–Kier alpha value is -1.55. The van der Waals surface area contributed by atoms with Gasteiger partial charge in [-0.25, -0.2) is 4.57 Å². The van der Waals surface area contributed by atoms with Crippen molar-refractivity contribution in [2.45, 2.75) is 199 Å². The minimum atomic E-state index is -4.62. The monoisotopic (exact) mass is 761 g/mol. The number of phosphoric acid groups is 1. The molecule has 0 saturated heterocycles. The lowest BCUT2D eigenvalue weighted by Gasteiger charge is -2.20. The third kappa shape index (κ3) is 36.8. The van der Waals surface area contributed by atoms with E-state index in [4.69, 9.17) is 19.1 Å². The van der Waals surface area contributed by atoms with Gasteiger partial charge in [-0.3, -0.25) is 18.6 Å². The van der Waals surface area contributed by atoms with E-state index in [0.717, 1.165) is 32.1 Å². The number of ether oxygens (including phenoxy) is 2. The lowest BCUT2D eigenvalue weighted by Crippen LogP contribution is -2.29. The highest BCUT2D eigenvalue weighted by Crippen LogP contribution is 2.43. The zero-order chi connectivity index (χ0) is 38.4. The van der Waals surface area contributed by atoms with Crippen molar-refractivity contribution >= 4 is 19.8 Å². The maximum atomic E-state index is 12.6. The van der Waals surface area contributed by atoms with Crippen LogP contribution >= 0.6 is 7.82 Å². The highest BCUT2D eigenvalue weighted by molar-refractivity contribution is 7.47. The molecule has 3 N–H and O–H groups in total. The Morgan fingerprint density at radius 1 is 0.577 bits per heavy atom. The van der Waals surface area contributed by atoms with Crippen LogP contribution in [0.5, 0.6) is 0 Å². The summed E-state index contributed by atoms with van der Waals surface area (Å²) < 4.78 is 32.6. The molecule has 52 heavy (non-hydrogen) atoms. The van der Waals surface area contributed by atoms with Gasteiger partial charge in [0.2, 0.25) is 0 Å². The van der Waals surface area contributed by atoms with E-state index in [9.17, 15) is 24.2 Å². The maximum absolute atomic E-state index is 12.6. The van der Waals surface area contributed by atoms with E-state index in [0.29, 0.717) is 19.3 Å². The summed E-state index contributed by atoms with van der Waals surface area (Å²) in [6.45, 7) is 2.33. The number of unbranched alkanes of at least 4 members (excludes halogenated alkanes) is 21. The second-order valence-electron chi connectivity index (χ2n) is 14.0. The molecule has 0 aliphatic heterocycles. The number of allylic oxidation sites excluding steroid dienone is 4. The van der Waals surface area contributed by atoms with Gasteiger partial charge in [0.25, 0.3) is 0 Å². The first-order valence-electron chi connectivity index (χ1n) is 20.8. The Kier molecular flexibility index (Phi) is 36.6. The SMILES string of the molecule is CCCCCCCCCCC/C=C/C/C=C/CCCC(=O)O[C@H](COC(=O)CCCCCCCCCCCCCC)COP(=O)(O)OC[C@@H](O)CO. The van der Waals surface area contributed by atoms with Crippen molar-refractivity contribution in [2.75, 3.05) is 26.4 Å². The molecule has 0 spiro atoms. The molecule has 0 aromatic heterocycles. The van der Waals surface area contributed by atoms with Crippen LogP contribution < -0.4 is 0 Å². The normalized spacial score (nSPS) is 14.2. The maximum Gasteiger partial charge on any atom is 0.472 e. The van der Waals surface area contributed by atoms with Crippen LogP contribution in [0.3, 0.4) is 0 Å². The Balaban J connectivity index is 4.37. The second-order valence-corrected chi connectivity index (χ2v) is 15.5. The van der Waals surface area contributed by atoms with E-state index in [1.807, 2.05) is 6.08 Å². The van der Waals surface area contributed by atoms with Gasteiger partial charge in [0, 0.05) is 12.8 Å². The summed E-state index contributed by atoms with van der Waals surface area (Å²) in [5.74, 6) is -0.973. The minimum Gasteiger partial charge on any atom is -0.462 e. The number of carbonyl (C=O) groups is 2. The number of esters is 2. The van der Waals surface area contributed by atoms with Gasteiger partial charge in [0.15, 0.2) is 6.10 Å². The highest BCUT2D eigenvalue weighted by atomic mass is 31.2. The Morgan fingerprint density at radius 3 is 1.54 bits per heavy atom. The molecule has 0 fully saturated rings. The van der Waals surface area contributed by atoms with Gasteiger partial charge in [0.05, 0.1) is 19.8 Å². The molecule has 0 radical (unpaired) electrons. The van der Waals surface area contributed by atoms with Gasteiger partial charge >= 0.3 is 19.8 Å². The van der Waals surface area contributed by atoms with Crippen molar-refractivity contribution in [1.29, 1.82) is 0 Å². The molecular formula is C41H77O10P. The molecule has 3 atom stereocenters. The van der Waals surface area contributed by atoms with E-state index in [1.165, 1.54) is 109 Å². The Labute approximate surface area is 317 Å². The van der Waals surface area contributed by atoms with Gasteiger partial charge in [-0.05, 0) is 38.5 Å². The summed E-state index contributed by atoms with van der Waals surface area (Å²) in [7, 11) is -4.62. The fourth-order valence-electron chi connectivity index (χ4n) is 5.62. The molecule has 0 aromatic carbocycles. The predicted molar refractivity (Wildman–Crippen MR) is 210 cm³/mol. The minimum absolute atomic E-state index is 0.123. The third-order valence-corrected chi connectivity index (χ3v) is 9.81. The lowest BCUT2D eigenvalue weighted by molar-refractivity contribution is -0.161. The smallest absolute Gasteiger partial charge is 0.462 e. The molecule has 306 valence electrons. The molecular weight excluding hydrogens is 683 g/mol. The van der Waals surface area contributed by atoms with Gasteiger partial charge in [-0.1, -0.05) is 160 Å². The summed E-state index contributed by atoms with van der Waals surface area (Å²) >= 11 is 0. The Bertz CT molecular complexity index is 925. The molecule has 1 unspecified atom stereocenters. The van der Waals surface area contributed by atoms with Crippen LogP contribution in [0, 0.1) is 0 Å². The van der Waals surface area contributed by atoms with E-state index < -0.39 is 51.8 Å². The quantitative estimate of drug-likeness (QED) is 0.0239. The number of hydrogen-bond acceptors (Lipinski definition) is 9. The molecule has 0 bridgehead atoms. The fraction of sp³-hybridized carbons (Fsp3) is 0.854. The second kappa shape index (κ2) is 37.8. The molecule has 0 aliphatic rings. The summed E-state index contributed by atoms with van der Waals surface area (Å²) in [5.41, 5.74) is 0. The van der Waals surface area contributed by atoms with Crippen LogP contribution in [0.2, 0.25) is 0 Å². The fourth-order valence-corrected chi connectivity index (χ4v) is 6.41. The molecule has 0 rings (SSSR count). The molecule has 0 amide bonds. The molecule has 0 aromatic rings. The van der Waals surface area contributed by atoms with Crippen molar-refractivity contribution in [1.82, 2.24) is 0 Å². The van der Waals surface area contributed by atoms with Gasteiger partial charge in [-0.2, -0.15) is 0 Å². The van der Waals surface area contributed by atoms with E-state index in [1.54, 1.807) is 0 Å². The summed E-state index contributed by atoms with van der Waals surface area (Å²) in [5, 5.41) is 18.3. The van der Waals surface area contributed by atoms with Gasteiger partial charge in [-0.15, -0.1) is 0 Å². The summed E-state index contributed by atoms with van der Waals surface area (Å²) in [6, 6.07) is 0. The number of phosphoric ester groups is 1. The predicted octanol–water partition coefficient (Wildman–Crippen LogP) is 10.6. The third-order valence-electron chi connectivity index (χ3n) is 8.86. The van der Waals surface area contributed by atoms with E-state index >= 15 is 0 Å². The van der Waals surface area contributed by atoms with Crippen LogP contribution in [-0.4, -0.2) is 65.7 Å². The van der Waals surface area contributed by atoms with Crippen molar-refractivity contribution in [3.63, 3.8) is 0 Å². The van der Waals surface area contributed by atoms with E-state index in [-0.39, 0.29) is 19.4 Å². The Morgan fingerprint density at radius 2 is 1.02 bits per heavy atom. The highest BCUT2D eigenvalue weighted by Gasteiger charge is 2.27. The number of rotatable bonds is 39. The molecule has 0 aliphatic carbocycles. The van der Waals surface area contributed by atoms with Crippen molar-refractivity contribution in [3.8, 4) is 0 Å².